The topological polar surface area (TPSA) is 25.2 Å². The summed E-state index contributed by atoms with van der Waals surface area (Å²) >= 11 is 5.15. The van der Waals surface area contributed by atoms with Gasteiger partial charge in [-0.2, -0.15) is 0 Å². The maximum absolute atomic E-state index is 4.98. The fraction of sp³-hybridized carbons (Fsp3) is 0.200. The first-order valence-corrected chi connectivity index (χ1v) is 5.96. The van der Waals surface area contributed by atoms with Crippen LogP contribution in [0.15, 0.2) is 38.2 Å². The van der Waals surface area contributed by atoms with E-state index in [2.05, 4.69) is 32.7 Å². The van der Waals surface area contributed by atoms with Gasteiger partial charge in [-0.15, -0.1) is 11.3 Å². The van der Waals surface area contributed by atoms with Gasteiger partial charge in [-0.05, 0) is 39.0 Å². The maximum atomic E-state index is 4.98. The van der Waals surface area contributed by atoms with Crippen LogP contribution in [0.2, 0.25) is 0 Å². The summed E-state index contributed by atoms with van der Waals surface area (Å²) in [4.78, 5) is 0. The fourth-order valence-corrected chi connectivity index (χ4v) is 2.39. The molecule has 0 unspecified atom stereocenters. The number of hydrogen-bond donors (Lipinski definition) is 1. The van der Waals surface area contributed by atoms with Gasteiger partial charge >= 0.3 is 0 Å². The van der Waals surface area contributed by atoms with Crippen molar-refractivity contribution in [2.45, 2.75) is 13.1 Å². The molecule has 0 spiro atoms. The van der Waals surface area contributed by atoms with Crippen molar-refractivity contribution in [1.82, 2.24) is 5.32 Å². The molecule has 2 aromatic heterocycles. The molecule has 0 aliphatic rings. The highest BCUT2D eigenvalue weighted by atomic mass is 79.9. The van der Waals surface area contributed by atoms with Crippen molar-refractivity contribution in [2.75, 3.05) is 0 Å². The van der Waals surface area contributed by atoms with Crippen LogP contribution in [0.3, 0.4) is 0 Å². The predicted molar refractivity (Wildman–Crippen MR) is 61.3 cm³/mol. The van der Waals surface area contributed by atoms with Gasteiger partial charge in [0.2, 0.25) is 0 Å². The molecule has 2 aromatic rings. The maximum Gasteiger partial charge on any atom is 0.0947 e. The summed E-state index contributed by atoms with van der Waals surface area (Å²) in [7, 11) is 0. The van der Waals surface area contributed by atoms with Gasteiger partial charge in [0, 0.05) is 18.7 Å². The van der Waals surface area contributed by atoms with Crippen LogP contribution in [0.4, 0.5) is 0 Å². The first kappa shape index (κ1) is 9.96. The van der Waals surface area contributed by atoms with E-state index in [-0.39, 0.29) is 0 Å². The molecule has 0 bridgehead atoms. The predicted octanol–water partition coefficient (Wildman–Crippen LogP) is 3.39. The van der Waals surface area contributed by atoms with E-state index in [1.807, 2.05) is 6.07 Å². The van der Waals surface area contributed by atoms with Crippen LogP contribution >= 0.6 is 27.3 Å². The molecule has 0 atom stereocenters. The van der Waals surface area contributed by atoms with Crippen LogP contribution in [0.25, 0.3) is 0 Å². The Hall–Kier alpha value is -0.580. The van der Waals surface area contributed by atoms with Crippen molar-refractivity contribution in [1.29, 1.82) is 0 Å². The second kappa shape index (κ2) is 4.77. The van der Waals surface area contributed by atoms with Crippen LogP contribution in [0.1, 0.15) is 11.1 Å². The second-order valence-electron chi connectivity index (χ2n) is 2.99. The molecule has 2 nitrogen and oxygen atoms in total. The van der Waals surface area contributed by atoms with Crippen molar-refractivity contribution in [2.24, 2.45) is 0 Å². The monoisotopic (exact) mass is 271 g/mol. The zero-order chi connectivity index (χ0) is 9.80. The number of thiophene rings is 1. The molecule has 0 saturated carbocycles. The summed E-state index contributed by atoms with van der Waals surface area (Å²) in [5.41, 5.74) is 2.49. The van der Waals surface area contributed by atoms with E-state index in [9.17, 15) is 0 Å². The first-order chi connectivity index (χ1) is 6.84. The standard InChI is InChI=1S/C10H10BrNOS/c11-10-3-9(7-14-10)5-12-4-8-1-2-13-6-8/h1-3,6-7,12H,4-5H2. The summed E-state index contributed by atoms with van der Waals surface area (Å²) < 4.78 is 6.15. The Kier molecular flexibility index (Phi) is 3.39. The van der Waals surface area contributed by atoms with Gasteiger partial charge in [0.15, 0.2) is 0 Å². The normalized spacial score (nSPS) is 10.6. The van der Waals surface area contributed by atoms with Gasteiger partial charge in [0.25, 0.3) is 0 Å². The molecule has 0 fully saturated rings. The van der Waals surface area contributed by atoms with Gasteiger partial charge in [0.1, 0.15) is 0 Å². The Labute approximate surface area is 95.1 Å². The van der Waals surface area contributed by atoms with Crippen LogP contribution in [0.5, 0.6) is 0 Å². The molecular formula is C10H10BrNOS. The Morgan fingerprint density at radius 3 is 2.86 bits per heavy atom. The highest BCUT2D eigenvalue weighted by molar-refractivity contribution is 9.11. The first-order valence-electron chi connectivity index (χ1n) is 4.29. The third-order valence-corrected chi connectivity index (χ3v) is 3.41. The molecule has 2 rings (SSSR count). The largest absolute Gasteiger partial charge is 0.472 e. The molecular weight excluding hydrogens is 262 g/mol. The molecule has 0 saturated heterocycles. The van der Waals surface area contributed by atoms with E-state index >= 15 is 0 Å². The van der Waals surface area contributed by atoms with E-state index in [4.69, 9.17) is 4.42 Å². The SMILES string of the molecule is Brc1cc(CNCc2ccoc2)cs1. The van der Waals surface area contributed by atoms with Gasteiger partial charge in [-0.3, -0.25) is 0 Å². The molecule has 2 heterocycles. The molecule has 4 heteroatoms. The summed E-state index contributed by atoms with van der Waals surface area (Å²) in [6.45, 7) is 1.75. The van der Waals surface area contributed by atoms with Crippen molar-refractivity contribution in [3.8, 4) is 0 Å². The minimum atomic E-state index is 0.851. The summed E-state index contributed by atoms with van der Waals surface area (Å²) in [6, 6.07) is 4.10. The molecule has 0 aliphatic carbocycles. The minimum Gasteiger partial charge on any atom is -0.472 e. The molecule has 0 radical (unpaired) electrons. The number of rotatable bonds is 4. The summed E-state index contributed by atoms with van der Waals surface area (Å²) in [6.07, 6.45) is 3.45. The third-order valence-electron chi connectivity index (χ3n) is 1.86. The lowest BCUT2D eigenvalue weighted by Gasteiger charge is -1.99. The Balaban J connectivity index is 1.78. The Morgan fingerprint density at radius 2 is 2.21 bits per heavy atom. The van der Waals surface area contributed by atoms with Crippen molar-refractivity contribution in [3.05, 3.63) is 45.0 Å². The molecule has 0 amide bonds. The van der Waals surface area contributed by atoms with Crippen molar-refractivity contribution in [3.63, 3.8) is 0 Å². The quantitative estimate of drug-likeness (QED) is 0.922. The highest BCUT2D eigenvalue weighted by Crippen LogP contribution is 2.20. The van der Waals surface area contributed by atoms with E-state index in [0.717, 1.165) is 13.1 Å². The minimum absolute atomic E-state index is 0.851. The van der Waals surface area contributed by atoms with Crippen LogP contribution in [-0.2, 0) is 13.1 Å². The third kappa shape index (κ3) is 2.70. The van der Waals surface area contributed by atoms with Crippen LogP contribution < -0.4 is 5.32 Å². The van der Waals surface area contributed by atoms with Crippen LogP contribution in [-0.4, -0.2) is 0 Å². The Bertz CT molecular complexity index is 382. The highest BCUT2D eigenvalue weighted by Gasteiger charge is 1.97. The van der Waals surface area contributed by atoms with Gasteiger partial charge < -0.3 is 9.73 Å². The van der Waals surface area contributed by atoms with E-state index in [1.165, 1.54) is 14.9 Å². The zero-order valence-electron chi connectivity index (χ0n) is 7.50. The van der Waals surface area contributed by atoms with Crippen molar-refractivity contribution >= 4 is 27.3 Å². The number of hydrogen-bond acceptors (Lipinski definition) is 3. The smallest absolute Gasteiger partial charge is 0.0947 e. The van der Waals surface area contributed by atoms with E-state index < -0.39 is 0 Å². The molecule has 74 valence electrons. The average Bonchev–Trinajstić information content (AvgIpc) is 2.77. The van der Waals surface area contributed by atoms with E-state index in [0.29, 0.717) is 0 Å². The van der Waals surface area contributed by atoms with Gasteiger partial charge in [-0.25, -0.2) is 0 Å². The van der Waals surface area contributed by atoms with Crippen molar-refractivity contribution < 1.29 is 4.42 Å². The number of nitrogens with one attached hydrogen (secondary N) is 1. The molecule has 14 heavy (non-hydrogen) atoms. The summed E-state index contributed by atoms with van der Waals surface area (Å²) in [5, 5.41) is 5.49. The lowest BCUT2D eigenvalue weighted by molar-refractivity contribution is 0.560. The number of halogens is 1. The van der Waals surface area contributed by atoms with E-state index in [1.54, 1.807) is 23.9 Å². The average molecular weight is 272 g/mol. The lowest BCUT2D eigenvalue weighted by Crippen LogP contribution is -2.11. The Morgan fingerprint density at radius 1 is 1.36 bits per heavy atom. The fourth-order valence-electron chi connectivity index (χ4n) is 1.18. The molecule has 1 N–H and O–H groups in total. The second-order valence-corrected chi connectivity index (χ2v) is 5.28. The molecule has 0 aromatic carbocycles. The number of furan rings is 1. The van der Waals surface area contributed by atoms with Gasteiger partial charge in [-0.1, -0.05) is 0 Å². The van der Waals surface area contributed by atoms with Crippen LogP contribution in [0, 0.1) is 0 Å². The summed E-state index contributed by atoms with van der Waals surface area (Å²) in [5.74, 6) is 0. The van der Waals surface area contributed by atoms with Gasteiger partial charge in [0.05, 0.1) is 16.3 Å². The molecule has 0 aliphatic heterocycles. The zero-order valence-corrected chi connectivity index (χ0v) is 9.90. The lowest BCUT2D eigenvalue weighted by atomic mass is 10.3.